The quantitative estimate of drug-likeness (QED) is 0.284. The predicted molar refractivity (Wildman–Crippen MR) is 150 cm³/mol. The minimum absolute atomic E-state index is 0.0486. The van der Waals surface area contributed by atoms with Gasteiger partial charge in [0, 0.05) is 38.6 Å². The summed E-state index contributed by atoms with van der Waals surface area (Å²) in [6, 6.07) is 0. The summed E-state index contributed by atoms with van der Waals surface area (Å²) < 4.78 is 12.7. The molecule has 5 rings (SSSR count). The minimum Gasteiger partial charge on any atom is -0.491 e. The Bertz CT molecular complexity index is 1030. The summed E-state index contributed by atoms with van der Waals surface area (Å²) >= 11 is 0. The highest BCUT2D eigenvalue weighted by Gasteiger charge is 2.67. The Kier molecular flexibility index (Phi) is 7.31. The first-order valence-corrected chi connectivity index (χ1v) is 15.4. The lowest BCUT2D eigenvalue weighted by Crippen LogP contribution is -2.50. The van der Waals surface area contributed by atoms with Crippen LogP contribution in [0.4, 0.5) is 0 Å². The van der Waals surface area contributed by atoms with Crippen molar-refractivity contribution in [1.29, 1.82) is 0 Å². The molecule has 1 amide bonds. The van der Waals surface area contributed by atoms with E-state index >= 15 is 0 Å². The molecule has 0 bridgehead atoms. The van der Waals surface area contributed by atoms with Gasteiger partial charge in [0.15, 0.2) is 0 Å². The van der Waals surface area contributed by atoms with Gasteiger partial charge in [0.1, 0.15) is 11.7 Å². The maximum absolute atomic E-state index is 11.9. The molecule has 9 atom stereocenters. The van der Waals surface area contributed by atoms with Gasteiger partial charge >= 0.3 is 5.97 Å². The average molecular weight is 526 g/mol. The van der Waals surface area contributed by atoms with Crippen LogP contribution < -0.4 is 5.32 Å². The number of rotatable bonds is 7. The van der Waals surface area contributed by atoms with E-state index in [0.29, 0.717) is 29.6 Å². The molecule has 1 aliphatic heterocycles. The first kappa shape index (κ1) is 27.8. The van der Waals surface area contributed by atoms with Crippen molar-refractivity contribution in [2.75, 3.05) is 6.54 Å². The van der Waals surface area contributed by atoms with Crippen molar-refractivity contribution in [1.82, 2.24) is 5.32 Å². The Morgan fingerprint density at radius 1 is 1.18 bits per heavy atom. The first-order valence-electron chi connectivity index (χ1n) is 15.4. The number of hydrogen-bond acceptors (Lipinski definition) is 4. The van der Waals surface area contributed by atoms with E-state index in [1.807, 2.05) is 6.92 Å². The number of ether oxygens (including phenoxy) is 2. The number of esters is 1. The Morgan fingerprint density at radius 3 is 2.66 bits per heavy atom. The summed E-state index contributed by atoms with van der Waals surface area (Å²) in [5.41, 5.74) is 3.51. The molecule has 0 saturated heterocycles. The molecule has 212 valence electrons. The van der Waals surface area contributed by atoms with Crippen molar-refractivity contribution in [3.8, 4) is 0 Å². The van der Waals surface area contributed by atoms with Crippen molar-refractivity contribution < 1.29 is 19.1 Å². The highest BCUT2D eigenvalue weighted by Crippen LogP contribution is 2.71. The fourth-order valence-electron chi connectivity index (χ4n) is 9.96. The summed E-state index contributed by atoms with van der Waals surface area (Å²) in [7, 11) is 0. The van der Waals surface area contributed by atoms with E-state index in [9.17, 15) is 9.59 Å². The van der Waals surface area contributed by atoms with Crippen molar-refractivity contribution in [2.45, 2.75) is 124 Å². The standard InChI is InChI=1S/C33H51NO4/c1-8-29(36)37-24-13-15-31(5)23(17-24)10-11-25-26(31)14-16-32(6)27(25)18-33(7)30(32)21(3)28(38-33)12-9-20(2)19-34-22(4)35/h10,20,24-27,30H,8-9,11-19H2,1-7H3,(H,34,35)/t20-,24-,25-,26+,27-,30-,31+,32+,33-/m1/s1. The fourth-order valence-corrected chi connectivity index (χ4v) is 9.96. The van der Waals surface area contributed by atoms with Crippen LogP contribution in [-0.2, 0) is 19.1 Å². The number of nitrogens with one attached hydrogen (secondary N) is 1. The smallest absolute Gasteiger partial charge is 0.305 e. The van der Waals surface area contributed by atoms with E-state index in [1.54, 1.807) is 12.5 Å². The molecule has 3 fully saturated rings. The van der Waals surface area contributed by atoms with E-state index in [0.717, 1.165) is 56.9 Å². The van der Waals surface area contributed by atoms with Crippen LogP contribution in [0.3, 0.4) is 0 Å². The summed E-state index contributed by atoms with van der Waals surface area (Å²) in [4.78, 5) is 23.2. The fraction of sp³-hybridized carbons (Fsp3) is 0.818. The summed E-state index contributed by atoms with van der Waals surface area (Å²) in [6.07, 6.45) is 13.1. The third kappa shape index (κ3) is 4.54. The molecule has 3 saturated carbocycles. The van der Waals surface area contributed by atoms with Gasteiger partial charge in [-0.1, -0.05) is 39.3 Å². The predicted octanol–water partition coefficient (Wildman–Crippen LogP) is 7.11. The van der Waals surface area contributed by atoms with Gasteiger partial charge in [0.2, 0.25) is 5.91 Å². The van der Waals surface area contributed by atoms with Crippen LogP contribution in [0.2, 0.25) is 0 Å². The van der Waals surface area contributed by atoms with Crippen LogP contribution in [-0.4, -0.2) is 30.1 Å². The molecule has 5 nitrogen and oxygen atoms in total. The van der Waals surface area contributed by atoms with Crippen molar-refractivity contribution in [3.63, 3.8) is 0 Å². The van der Waals surface area contributed by atoms with Crippen LogP contribution in [0.15, 0.2) is 23.0 Å². The number of amides is 1. The zero-order valence-corrected chi connectivity index (χ0v) is 25.0. The van der Waals surface area contributed by atoms with Gasteiger partial charge < -0.3 is 14.8 Å². The molecule has 0 aromatic carbocycles. The molecule has 0 unspecified atom stereocenters. The average Bonchev–Trinajstić information content (AvgIpc) is 3.27. The Hall–Kier alpha value is -1.78. The maximum Gasteiger partial charge on any atom is 0.305 e. The molecule has 0 aromatic rings. The number of carbonyl (C=O) groups is 2. The summed E-state index contributed by atoms with van der Waals surface area (Å²) in [6.45, 7) is 16.3. The third-order valence-corrected chi connectivity index (χ3v) is 11.8. The second kappa shape index (κ2) is 10.0. The molecule has 0 aromatic heterocycles. The van der Waals surface area contributed by atoms with E-state index < -0.39 is 0 Å². The molecule has 4 aliphatic carbocycles. The monoisotopic (exact) mass is 525 g/mol. The van der Waals surface area contributed by atoms with Crippen LogP contribution >= 0.6 is 0 Å². The lowest BCUT2D eigenvalue weighted by molar-refractivity contribution is -0.151. The Labute approximate surface area is 230 Å². The van der Waals surface area contributed by atoms with E-state index in [-0.39, 0.29) is 29.0 Å². The third-order valence-electron chi connectivity index (χ3n) is 11.8. The number of fused-ring (bicyclic) bond motifs is 7. The molecule has 1 heterocycles. The van der Waals surface area contributed by atoms with Gasteiger partial charge in [-0.15, -0.1) is 0 Å². The normalized spacial score (nSPS) is 42.2. The second-order valence-corrected chi connectivity index (χ2v) is 14.3. The number of carbonyl (C=O) groups excluding carboxylic acids is 2. The van der Waals surface area contributed by atoms with Gasteiger partial charge in [-0.05, 0) is 98.9 Å². The summed E-state index contributed by atoms with van der Waals surface area (Å²) in [5, 5.41) is 2.96. The number of hydrogen-bond donors (Lipinski definition) is 1. The van der Waals surface area contributed by atoms with Crippen molar-refractivity contribution in [3.05, 3.63) is 23.0 Å². The van der Waals surface area contributed by atoms with Crippen LogP contribution in [0.5, 0.6) is 0 Å². The molecule has 1 N–H and O–H groups in total. The molecule has 5 aliphatic rings. The zero-order valence-electron chi connectivity index (χ0n) is 25.0. The molecule has 5 heteroatoms. The molecular formula is C33H51NO4. The highest BCUT2D eigenvalue weighted by atomic mass is 16.5. The lowest BCUT2D eigenvalue weighted by atomic mass is 9.47. The van der Waals surface area contributed by atoms with Gasteiger partial charge in [-0.2, -0.15) is 0 Å². The summed E-state index contributed by atoms with van der Waals surface area (Å²) in [5.74, 6) is 4.30. The van der Waals surface area contributed by atoms with Crippen molar-refractivity contribution >= 4 is 11.9 Å². The van der Waals surface area contributed by atoms with Crippen molar-refractivity contribution in [2.24, 2.45) is 40.4 Å². The molecule has 38 heavy (non-hydrogen) atoms. The minimum atomic E-state index is -0.0918. The second-order valence-electron chi connectivity index (χ2n) is 14.3. The Morgan fingerprint density at radius 2 is 1.95 bits per heavy atom. The van der Waals surface area contributed by atoms with Gasteiger partial charge in [-0.3, -0.25) is 9.59 Å². The first-order chi connectivity index (χ1) is 17.9. The van der Waals surface area contributed by atoms with Gasteiger partial charge in [-0.25, -0.2) is 0 Å². The topological polar surface area (TPSA) is 64.6 Å². The van der Waals surface area contributed by atoms with E-state index in [4.69, 9.17) is 9.47 Å². The zero-order chi connectivity index (χ0) is 27.5. The highest BCUT2D eigenvalue weighted by molar-refractivity contribution is 5.72. The lowest BCUT2D eigenvalue weighted by Gasteiger charge is -2.58. The number of allylic oxidation sites excluding steroid dienone is 2. The molecular weight excluding hydrogens is 474 g/mol. The Balaban J connectivity index is 1.31. The molecule has 0 spiro atoms. The van der Waals surface area contributed by atoms with E-state index in [1.165, 1.54) is 30.6 Å². The van der Waals surface area contributed by atoms with Gasteiger partial charge in [0.25, 0.3) is 0 Å². The van der Waals surface area contributed by atoms with E-state index in [2.05, 4.69) is 46.0 Å². The SMILES string of the molecule is CCC(=O)O[C@@H]1CC[C@@]2(C)C(=CC[C@H]3[C@H]4C[C@@]5(C)OC(CC[C@@H](C)CNC(C)=O)=C(C)[C@@H]5[C@@]4(C)CC[C@@H]32)C1. The van der Waals surface area contributed by atoms with Crippen LogP contribution in [0, 0.1) is 40.4 Å². The van der Waals surface area contributed by atoms with Crippen LogP contribution in [0.25, 0.3) is 0 Å². The maximum atomic E-state index is 11.9. The molecule has 0 radical (unpaired) electrons. The van der Waals surface area contributed by atoms with Gasteiger partial charge in [0.05, 0.1) is 5.76 Å². The van der Waals surface area contributed by atoms with Crippen LogP contribution in [0.1, 0.15) is 113 Å². The largest absolute Gasteiger partial charge is 0.491 e.